The number of amides is 1. The number of halogens is 1. The number of ether oxygens (including phenoxy) is 4. The maximum Gasteiger partial charge on any atom is 0.255 e. The molecule has 0 fully saturated rings. The Morgan fingerprint density at radius 3 is 2.10 bits per heavy atom. The van der Waals surface area contributed by atoms with Crippen LogP contribution in [0, 0.1) is 0 Å². The molecule has 0 aliphatic carbocycles. The lowest BCUT2D eigenvalue weighted by atomic mass is 10.1. The minimum absolute atomic E-state index is 0.212. The molecular formula is C20H23ClN2O7S. The third-order valence-electron chi connectivity index (χ3n) is 4.02. The molecule has 0 spiro atoms. The number of hydrogen-bond acceptors (Lipinski definition) is 7. The highest BCUT2D eigenvalue weighted by Crippen LogP contribution is 2.35. The Bertz CT molecular complexity index is 1050. The molecule has 0 bridgehead atoms. The van der Waals surface area contributed by atoms with E-state index in [1.54, 1.807) is 12.1 Å². The molecule has 0 unspecified atom stereocenters. The lowest BCUT2D eigenvalue weighted by Gasteiger charge is -2.13. The number of carbonyl (C=O) groups excluding carboxylic acids is 1. The van der Waals surface area contributed by atoms with Crippen molar-refractivity contribution in [2.24, 2.45) is 0 Å². The number of anilines is 2. The molecule has 0 saturated heterocycles. The van der Waals surface area contributed by atoms with Crippen LogP contribution in [0.2, 0.25) is 0 Å². The van der Waals surface area contributed by atoms with Gasteiger partial charge in [-0.15, -0.1) is 11.6 Å². The molecule has 0 radical (unpaired) electrons. The summed E-state index contributed by atoms with van der Waals surface area (Å²) in [5.41, 5.74) is 0.903. The Kier molecular flexibility index (Phi) is 8.40. The highest BCUT2D eigenvalue weighted by molar-refractivity contribution is 7.95. The molecule has 0 aliphatic rings. The normalized spacial score (nSPS) is 11.1. The average molecular weight is 471 g/mol. The highest BCUT2D eigenvalue weighted by Gasteiger charge is 2.14. The summed E-state index contributed by atoms with van der Waals surface area (Å²) >= 11 is 5.51. The molecule has 2 aromatic carbocycles. The van der Waals surface area contributed by atoms with Gasteiger partial charge < -0.3 is 24.3 Å². The Balaban J connectivity index is 2.33. The van der Waals surface area contributed by atoms with E-state index < -0.39 is 15.9 Å². The SMILES string of the molecule is COc1cc(OC)c(/C=C/S(=O)(=O)Nc2ccc(OC)c(NC(=O)CCl)c2)c(OC)c1. The lowest BCUT2D eigenvalue weighted by molar-refractivity contribution is -0.113. The molecule has 9 nitrogen and oxygen atoms in total. The van der Waals surface area contributed by atoms with E-state index in [1.807, 2.05) is 0 Å². The van der Waals surface area contributed by atoms with Crippen molar-refractivity contribution in [3.8, 4) is 23.0 Å². The number of benzene rings is 2. The summed E-state index contributed by atoms with van der Waals surface area (Å²) in [6.45, 7) is 0. The fourth-order valence-electron chi connectivity index (χ4n) is 2.61. The maximum absolute atomic E-state index is 12.6. The number of hydrogen-bond donors (Lipinski definition) is 2. The first-order valence-electron chi connectivity index (χ1n) is 8.81. The summed E-state index contributed by atoms with van der Waals surface area (Å²) in [6.07, 6.45) is 1.35. The van der Waals surface area contributed by atoms with Gasteiger partial charge in [0.2, 0.25) is 5.91 Å². The minimum atomic E-state index is -3.92. The van der Waals surface area contributed by atoms with Gasteiger partial charge >= 0.3 is 0 Å². The van der Waals surface area contributed by atoms with Gasteiger partial charge in [-0.05, 0) is 24.3 Å². The van der Waals surface area contributed by atoms with Gasteiger partial charge in [0.1, 0.15) is 28.9 Å². The number of rotatable bonds is 10. The molecule has 2 N–H and O–H groups in total. The molecule has 0 heterocycles. The summed E-state index contributed by atoms with van der Waals surface area (Å²) < 4.78 is 48.6. The van der Waals surface area contributed by atoms with Crippen molar-refractivity contribution < 1.29 is 32.2 Å². The smallest absolute Gasteiger partial charge is 0.255 e. The topological polar surface area (TPSA) is 112 Å². The summed E-state index contributed by atoms with van der Waals surface area (Å²) in [6, 6.07) is 7.65. The van der Waals surface area contributed by atoms with E-state index in [4.69, 9.17) is 30.5 Å². The van der Waals surface area contributed by atoms with Crippen LogP contribution in [0.15, 0.2) is 35.7 Å². The molecule has 2 rings (SSSR count). The summed E-state index contributed by atoms with van der Waals surface area (Å²) in [4.78, 5) is 11.6. The number of carbonyl (C=O) groups is 1. The number of methoxy groups -OCH3 is 4. The van der Waals surface area contributed by atoms with Gasteiger partial charge in [0.15, 0.2) is 0 Å². The fraction of sp³-hybridized carbons (Fsp3) is 0.250. The van der Waals surface area contributed by atoms with Gasteiger partial charge in [0, 0.05) is 12.1 Å². The summed E-state index contributed by atoms with van der Waals surface area (Å²) in [5, 5.41) is 3.52. The first-order valence-corrected chi connectivity index (χ1v) is 10.9. The van der Waals surface area contributed by atoms with Crippen LogP contribution in [0.1, 0.15) is 5.56 Å². The Morgan fingerprint density at radius 1 is 0.968 bits per heavy atom. The van der Waals surface area contributed by atoms with Gasteiger partial charge in [-0.1, -0.05) is 0 Å². The molecule has 2 aromatic rings. The fourth-order valence-corrected chi connectivity index (χ4v) is 3.51. The molecule has 168 valence electrons. The van der Waals surface area contributed by atoms with Crippen LogP contribution in [-0.2, 0) is 14.8 Å². The quantitative estimate of drug-likeness (QED) is 0.512. The second kappa shape index (κ2) is 10.8. The van der Waals surface area contributed by atoms with Crippen LogP contribution in [0.3, 0.4) is 0 Å². The van der Waals surface area contributed by atoms with Gasteiger partial charge in [0.25, 0.3) is 10.0 Å². The summed E-state index contributed by atoms with van der Waals surface area (Å²) in [5.74, 6) is 0.879. The lowest BCUT2D eigenvalue weighted by Crippen LogP contribution is -2.14. The zero-order valence-electron chi connectivity index (χ0n) is 17.4. The third kappa shape index (κ3) is 6.43. The maximum atomic E-state index is 12.6. The summed E-state index contributed by atoms with van der Waals surface area (Å²) in [7, 11) is 1.90. The van der Waals surface area contributed by atoms with Gasteiger partial charge in [-0.25, -0.2) is 8.42 Å². The van der Waals surface area contributed by atoms with E-state index in [0.29, 0.717) is 28.6 Å². The highest BCUT2D eigenvalue weighted by atomic mass is 35.5. The number of sulfonamides is 1. The van der Waals surface area contributed by atoms with Crippen LogP contribution in [0.4, 0.5) is 11.4 Å². The van der Waals surface area contributed by atoms with Crippen molar-refractivity contribution in [1.82, 2.24) is 0 Å². The minimum Gasteiger partial charge on any atom is -0.496 e. The first-order chi connectivity index (χ1) is 14.8. The van der Waals surface area contributed by atoms with Crippen LogP contribution in [0.25, 0.3) is 6.08 Å². The van der Waals surface area contributed by atoms with E-state index >= 15 is 0 Å². The monoisotopic (exact) mass is 470 g/mol. The molecular weight excluding hydrogens is 448 g/mol. The van der Waals surface area contributed by atoms with Gasteiger partial charge in [-0.2, -0.15) is 0 Å². The Labute approximate surface area is 185 Å². The average Bonchev–Trinajstić information content (AvgIpc) is 2.76. The Hall–Kier alpha value is -3.11. The van der Waals surface area contributed by atoms with Crippen molar-refractivity contribution in [3.63, 3.8) is 0 Å². The Morgan fingerprint density at radius 2 is 1.58 bits per heavy atom. The molecule has 31 heavy (non-hydrogen) atoms. The van der Waals surface area contributed by atoms with Crippen molar-refractivity contribution >= 4 is 45.0 Å². The molecule has 0 aromatic heterocycles. The first kappa shape index (κ1) is 24.2. The van der Waals surface area contributed by atoms with E-state index in [2.05, 4.69) is 10.0 Å². The van der Waals surface area contributed by atoms with Crippen LogP contribution >= 0.6 is 11.6 Å². The largest absolute Gasteiger partial charge is 0.496 e. The standard InChI is InChI=1S/C20H23ClN2O7S/c1-27-14-10-18(29-3)15(19(11-14)30-4)7-8-31(25,26)23-13-5-6-17(28-2)16(9-13)22-20(24)12-21/h5-11,23H,12H2,1-4H3,(H,22,24)/b8-7+. The second-order valence-corrected chi connectivity index (χ2v) is 7.83. The van der Waals surface area contributed by atoms with Crippen molar-refractivity contribution in [3.05, 3.63) is 41.3 Å². The van der Waals surface area contributed by atoms with Crippen molar-refractivity contribution in [1.29, 1.82) is 0 Å². The van der Waals surface area contributed by atoms with Crippen LogP contribution < -0.4 is 29.0 Å². The predicted molar refractivity (Wildman–Crippen MR) is 120 cm³/mol. The third-order valence-corrected chi connectivity index (χ3v) is 5.28. The predicted octanol–water partition coefficient (Wildman–Crippen LogP) is 3.31. The van der Waals surface area contributed by atoms with Gasteiger partial charge in [0.05, 0.1) is 50.8 Å². The molecule has 0 saturated carbocycles. The zero-order valence-corrected chi connectivity index (χ0v) is 19.0. The molecule has 0 aliphatic heterocycles. The zero-order chi connectivity index (χ0) is 23.0. The molecule has 1 amide bonds. The number of alkyl halides is 1. The van der Waals surface area contributed by atoms with Crippen molar-refractivity contribution in [2.45, 2.75) is 0 Å². The van der Waals surface area contributed by atoms with Crippen molar-refractivity contribution in [2.75, 3.05) is 44.4 Å². The van der Waals surface area contributed by atoms with Crippen LogP contribution in [0.5, 0.6) is 23.0 Å². The van der Waals surface area contributed by atoms with Gasteiger partial charge in [-0.3, -0.25) is 9.52 Å². The van der Waals surface area contributed by atoms with Crippen LogP contribution in [-0.4, -0.2) is 48.6 Å². The number of nitrogens with one attached hydrogen (secondary N) is 2. The molecule has 0 atom stereocenters. The van der Waals surface area contributed by atoms with E-state index in [1.165, 1.54) is 52.7 Å². The second-order valence-electron chi connectivity index (χ2n) is 5.99. The van der Waals surface area contributed by atoms with E-state index in [-0.39, 0.29) is 17.3 Å². The van der Waals surface area contributed by atoms with E-state index in [9.17, 15) is 13.2 Å². The van der Waals surface area contributed by atoms with E-state index in [0.717, 1.165) is 5.41 Å². The molecule has 11 heteroatoms.